The SMILES string of the molecule is O=C(NCC(c1cnc(C(F)(F)F)nc1)N1CCC(F)(F)CC1)C1c2ccc(N3CCN(C4CC4)CC3)nc2CCC1Cl. The van der Waals surface area contributed by atoms with Gasteiger partial charge in [-0.05, 0) is 37.3 Å². The van der Waals surface area contributed by atoms with E-state index in [0.717, 1.165) is 61.7 Å². The first-order valence-corrected chi connectivity index (χ1v) is 15.3. The van der Waals surface area contributed by atoms with Crippen LogP contribution in [-0.4, -0.2) is 93.8 Å². The molecule has 2 aromatic rings. The summed E-state index contributed by atoms with van der Waals surface area (Å²) in [4.78, 5) is 32.0. The Kier molecular flexibility index (Phi) is 8.51. The van der Waals surface area contributed by atoms with E-state index in [9.17, 15) is 26.7 Å². The van der Waals surface area contributed by atoms with Gasteiger partial charge in [-0.3, -0.25) is 14.6 Å². The minimum absolute atomic E-state index is 0.0145. The molecule has 4 heterocycles. The highest BCUT2D eigenvalue weighted by atomic mass is 35.5. The Morgan fingerprint density at radius 1 is 1.02 bits per heavy atom. The number of alkyl halides is 6. The fourth-order valence-corrected chi connectivity index (χ4v) is 6.80. The number of fused-ring (bicyclic) bond motifs is 1. The van der Waals surface area contributed by atoms with E-state index in [-0.39, 0.29) is 38.4 Å². The number of carbonyl (C=O) groups is 1. The van der Waals surface area contributed by atoms with Crippen LogP contribution in [0.4, 0.5) is 27.8 Å². The number of hydrogen-bond acceptors (Lipinski definition) is 7. The molecule has 2 aliphatic carbocycles. The van der Waals surface area contributed by atoms with Crippen LogP contribution in [0.2, 0.25) is 0 Å². The third-order valence-corrected chi connectivity index (χ3v) is 9.55. The van der Waals surface area contributed by atoms with Gasteiger partial charge in [-0.15, -0.1) is 11.6 Å². The van der Waals surface area contributed by atoms with Crippen LogP contribution >= 0.6 is 11.6 Å². The van der Waals surface area contributed by atoms with Crippen LogP contribution in [0, 0.1) is 0 Å². The number of halogens is 6. The van der Waals surface area contributed by atoms with E-state index < -0.39 is 35.3 Å². The van der Waals surface area contributed by atoms with Crippen LogP contribution in [0.5, 0.6) is 0 Å². The average molecular weight is 628 g/mol. The molecule has 43 heavy (non-hydrogen) atoms. The number of nitrogens with one attached hydrogen (secondary N) is 1. The lowest BCUT2D eigenvalue weighted by Crippen LogP contribution is -2.47. The summed E-state index contributed by atoms with van der Waals surface area (Å²) in [6.07, 6.45) is 0.403. The summed E-state index contributed by atoms with van der Waals surface area (Å²) in [5, 5.41) is 2.44. The van der Waals surface area contributed by atoms with Crippen LogP contribution < -0.4 is 10.2 Å². The van der Waals surface area contributed by atoms with Crippen LogP contribution in [-0.2, 0) is 17.4 Å². The second-order valence-corrected chi connectivity index (χ2v) is 12.5. The third-order valence-electron chi connectivity index (χ3n) is 9.08. The Labute approximate surface area is 252 Å². The minimum atomic E-state index is -4.71. The smallest absolute Gasteiger partial charge is 0.354 e. The molecule has 3 atom stereocenters. The number of aryl methyl sites for hydroxylation is 1. The van der Waals surface area contributed by atoms with Crippen molar-refractivity contribution in [1.82, 2.24) is 30.1 Å². The topological polar surface area (TPSA) is 77.5 Å². The highest BCUT2D eigenvalue weighted by Gasteiger charge is 2.40. The van der Waals surface area contributed by atoms with Crippen molar-refractivity contribution in [3.63, 3.8) is 0 Å². The van der Waals surface area contributed by atoms with E-state index in [1.54, 1.807) is 4.90 Å². The van der Waals surface area contributed by atoms with Gasteiger partial charge in [0.15, 0.2) is 0 Å². The number of hydrogen-bond donors (Lipinski definition) is 1. The molecule has 1 saturated carbocycles. The highest BCUT2D eigenvalue weighted by Crippen LogP contribution is 2.37. The van der Waals surface area contributed by atoms with Crippen molar-refractivity contribution in [2.45, 2.75) is 74.0 Å². The summed E-state index contributed by atoms with van der Waals surface area (Å²) in [7, 11) is 0. The molecular formula is C29H35ClF5N7O. The highest BCUT2D eigenvalue weighted by molar-refractivity contribution is 6.23. The molecule has 6 rings (SSSR count). The molecule has 0 radical (unpaired) electrons. The Bertz CT molecular complexity index is 1290. The van der Waals surface area contributed by atoms with Crippen LogP contribution in [0.25, 0.3) is 0 Å². The monoisotopic (exact) mass is 627 g/mol. The van der Waals surface area contributed by atoms with Gasteiger partial charge in [0.05, 0.1) is 12.0 Å². The molecule has 0 spiro atoms. The maximum Gasteiger partial charge on any atom is 0.451 e. The van der Waals surface area contributed by atoms with Gasteiger partial charge in [0.2, 0.25) is 11.7 Å². The summed E-state index contributed by atoms with van der Waals surface area (Å²) in [5.74, 6) is -4.21. The van der Waals surface area contributed by atoms with Crippen LogP contribution in [0.3, 0.4) is 0 Å². The zero-order valence-electron chi connectivity index (χ0n) is 23.7. The van der Waals surface area contributed by atoms with Crippen molar-refractivity contribution >= 4 is 23.3 Å². The van der Waals surface area contributed by atoms with Gasteiger partial charge in [0, 0.05) is 93.7 Å². The maximum atomic E-state index is 13.9. The van der Waals surface area contributed by atoms with E-state index in [0.29, 0.717) is 18.4 Å². The lowest BCUT2D eigenvalue weighted by molar-refractivity contribution is -0.145. The van der Waals surface area contributed by atoms with Gasteiger partial charge in [-0.25, -0.2) is 23.7 Å². The number of carbonyl (C=O) groups excluding carboxylic acids is 1. The van der Waals surface area contributed by atoms with Crippen molar-refractivity contribution < 1.29 is 26.7 Å². The van der Waals surface area contributed by atoms with Gasteiger partial charge < -0.3 is 10.2 Å². The number of piperidine rings is 1. The number of likely N-dealkylation sites (tertiary alicyclic amines) is 1. The zero-order chi connectivity index (χ0) is 30.4. The molecular weight excluding hydrogens is 593 g/mol. The predicted octanol–water partition coefficient (Wildman–Crippen LogP) is 4.40. The van der Waals surface area contributed by atoms with Gasteiger partial charge in [0.1, 0.15) is 5.82 Å². The van der Waals surface area contributed by atoms with E-state index in [2.05, 4.69) is 25.1 Å². The number of piperazine rings is 1. The summed E-state index contributed by atoms with van der Waals surface area (Å²) in [6.45, 7) is 3.84. The lowest BCUT2D eigenvalue weighted by Gasteiger charge is -2.38. The van der Waals surface area contributed by atoms with E-state index in [1.807, 2.05) is 12.1 Å². The summed E-state index contributed by atoms with van der Waals surface area (Å²) < 4.78 is 67.0. The molecule has 234 valence electrons. The number of anilines is 1. The third kappa shape index (κ3) is 6.88. The van der Waals surface area contributed by atoms with Gasteiger partial charge in [-0.1, -0.05) is 6.07 Å². The maximum absolute atomic E-state index is 13.9. The van der Waals surface area contributed by atoms with Crippen LogP contribution in [0.1, 0.15) is 66.7 Å². The fourth-order valence-electron chi connectivity index (χ4n) is 6.44. The van der Waals surface area contributed by atoms with Crippen LogP contribution in [0.15, 0.2) is 24.5 Å². The molecule has 0 aromatic carbocycles. The Morgan fingerprint density at radius 2 is 1.70 bits per heavy atom. The Balaban J connectivity index is 1.16. The standard InChI is InChI=1S/C29H35ClF5N7O/c30-21-4-5-22-20(3-6-24(39-22)42-13-11-40(12-14-42)19-1-2-19)25(21)26(43)36-17-23(41-9-7-28(31,32)8-10-41)18-15-37-27(38-16-18)29(33,34)35/h3,6,15-16,19,21,23,25H,1-2,4-5,7-14,17H2,(H,36,43). The number of amides is 1. The first-order chi connectivity index (χ1) is 20.5. The molecule has 3 unspecified atom stereocenters. The minimum Gasteiger partial charge on any atom is -0.354 e. The van der Waals surface area contributed by atoms with Crippen molar-refractivity contribution in [3.8, 4) is 0 Å². The zero-order valence-corrected chi connectivity index (χ0v) is 24.4. The second kappa shape index (κ2) is 12.0. The van der Waals surface area contributed by atoms with Crippen molar-refractivity contribution in [2.24, 2.45) is 0 Å². The summed E-state index contributed by atoms with van der Waals surface area (Å²) in [6, 6.07) is 3.92. The Morgan fingerprint density at radius 3 is 2.33 bits per heavy atom. The molecule has 3 fully saturated rings. The molecule has 4 aliphatic rings. The fraction of sp³-hybridized carbons (Fsp3) is 0.655. The number of nitrogens with zero attached hydrogens (tertiary/aromatic N) is 6. The van der Waals surface area contributed by atoms with E-state index in [1.165, 1.54) is 12.8 Å². The van der Waals surface area contributed by atoms with Crippen molar-refractivity contribution in [3.05, 3.63) is 47.2 Å². The van der Waals surface area contributed by atoms with Crippen molar-refractivity contribution in [2.75, 3.05) is 50.7 Å². The molecule has 0 bridgehead atoms. The first-order valence-electron chi connectivity index (χ1n) is 14.9. The molecule has 1 N–H and O–H groups in total. The number of rotatable bonds is 7. The molecule has 14 heteroatoms. The van der Waals surface area contributed by atoms with E-state index in [4.69, 9.17) is 16.6 Å². The normalized spacial score (nSPS) is 25.7. The number of pyridine rings is 1. The van der Waals surface area contributed by atoms with Gasteiger partial charge in [-0.2, -0.15) is 13.2 Å². The second-order valence-electron chi connectivity index (χ2n) is 12.0. The number of aromatic nitrogens is 3. The molecule has 2 saturated heterocycles. The summed E-state index contributed by atoms with van der Waals surface area (Å²) >= 11 is 6.69. The summed E-state index contributed by atoms with van der Waals surface area (Å²) in [5.41, 5.74) is 1.90. The Hall–Kier alpha value is -2.64. The van der Waals surface area contributed by atoms with Crippen molar-refractivity contribution in [1.29, 1.82) is 0 Å². The molecule has 2 aromatic heterocycles. The molecule has 8 nitrogen and oxygen atoms in total. The molecule has 2 aliphatic heterocycles. The predicted molar refractivity (Wildman–Crippen MR) is 150 cm³/mol. The lowest BCUT2D eigenvalue weighted by atomic mass is 9.84. The largest absolute Gasteiger partial charge is 0.451 e. The average Bonchev–Trinajstić information content (AvgIpc) is 3.83. The molecule has 1 amide bonds. The quantitative estimate of drug-likeness (QED) is 0.360. The van der Waals surface area contributed by atoms with E-state index >= 15 is 0 Å². The van der Waals surface area contributed by atoms with Gasteiger partial charge in [0.25, 0.3) is 5.92 Å². The van der Waals surface area contributed by atoms with Gasteiger partial charge >= 0.3 is 6.18 Å². The first kappa shape index (κ1) is 30.4.